The molecular formula is C20H18F2N2O4S. The van der Waals surface area contributed by atoms with Gasteiger partial charge >= 0.3 is 0 Å². The van der Waals surface area contributed by atoms with E-state index in [1.165, 1.54) is 25.4 Å². The van der Waals surface area contributed by atoms with Gasteiger partial charge in [-0.05, 0) is 42.0 Å². The molecule has 152 valence electrons. The fourth-order valence-electron chi connectivity index (χ4n) is 2.77. The zero-order chi connectivity index (χ0) is 21.0. The molecule has 1 aromatic heterocycles. The number of hydrogen-bond acceptors (Lipinski definition) is 4. The minimum absolute atomic E-state index is 0.176. The largest absolute Gasteiger partial charge is 0.468 e. The summed E-state index contributed by atoms with van der Waals surface area (Å²) in [4.78, 5) is 10.6. The van der Waals surface area contributed by atoms with Gasteiger partial charge in [-0.1, -0.05) is 18.2 Å². The van der Waals surface area contributed by atoms with E-state index in [0.29, 0.717) is 16.9 Å². The third kappa shape index (κ3) is 4.52. The van der Waals surface area contributed by atoms with E-state index in [1.54, 1.807) is 24.3 Å². The summed E-state index contributed by atoms with van der Waals surface area (Å²) in [6, 6.07) is 12.2. The maximum absolute atomic E-state index is 14.2. The molecule has 1 amide bonds. The summed E-state index contributed by atoms with van der Waals surface area (Å²) in [5.74, 6) is -2.33. The number of amides is 1. The third-order valence-electron chi connectivity index (χ3n) is 4.23. The van der Waals surface area contributed by atoms with Crippen molar-refractivity contribution < 1.29 is 26.4 Å². The van der Waals surface area contributed by atoms with E-state index in [2.05, 4.69) is 5.32 Å². The lowest BCUT2D eigenvalue weighted by atomic mass is 10.1. The van der Waals surface area contributed by atoms with Crippen LogP contribution in [-0.2, 0) is 23.1 Å². The van der Waals surface area contributed by atoms with Crippen molar-refractivity contribution in [3.63, 3.8) is 0 Å². The van der Waals surface area contributed by atoms with Gasteiger partial charge in [-0.3, -0.25) is 4.79 Å². The fourth-order valence-corrected chi connectivity index (χ4v) is 4.27. The van der Waals surface area contributed by atoms with E-state index in [-0.39, 0.29) is 19.0 Å². The van der Waals surface area contributed by atoms with Crippen LogP contribution in [0, 0.1) is 11.6 Å². The maximum Gasteiger partial charge on any atom is 0.251 e. The molecule has 1 heterocycles. The van der Waals surface area contributed by atoms with Crippen molar-refractivity contribution in [2.24, 2.45) is 0 Å². The summed E-state index contributed by atoms with van der Waals surface area (Å²) in [6.45, 7) is -0.398. The van der Waals surface area contributed by atoms with Crippen molar-refractivity contribution in [3.8, 4) is 0 Å². The molecule has 3 aromatic rings. The lowest BCUT2D eigenvalue weighted by Crippen LogP contribution is -2.31. The van der Waals surface area contributed by atoms with Crippen molar-refractivity contribution in [2.45, 2.75) is 18.0 Å². The highest BCUT2D eigenvalue weighted by molar-refractivity contribution is 7.89. The van der Waals surface area contributed by atoms with E-state index >= 15 is 0 Å². The summed E-state index contributed by atoms with van der Waals surface area (Å²) in [6.07, 6.45) is 1.38. The summed E-state index contributed by atoms with van der Waals surface area (Å²) in [7, 11) is -3.03. The van der Waals surface area contributed by atoms with Gasteiger partial charge in [0, 0.05) is 19.2 Å². The SMILES string of the molecule is CNC(=O)c1ccc(CN(Cc2ccco2)S(=O)(=O)c2c(F)cccc2F)cc1. The van der Waals surface area contributed by atoms with Gasteiger partial charge in [-0.25, -0.2) is 17.2 Å². The van der Waals surface area contributed by atoms with Gasteiger partial charge in [0.1, 0.15) is 17.4 Å². The second kappa shape index (κ2) is 8.54. The summed E-state index contributed by atoms with van der Waals surface area (Å²) in [5.41, 5.74) is 0.932. The maximum atomic E-state index is 14.2. The summed E-state index contributed by atoms with van der Waals surface area (Å²) in [5, 5.41) is 2.49. The van der Waals surface area contributed by atoms with E-state index in [4.69, 9.17) is 4.42 Å². The first-order valence-electron chi connectivity index (χ1n) is 8.60. The van der Waals surface area contributed by atoms with Crippen LogP contribution in [0.15, 0.2) is 70.2 Å². The minimum atomic E-state index is -4.52. The number of furan rings is 1. The minimum Gasteiger partial charge on any atom is -0.468 e. The van der Waals surface area contributed by atoms with Gasteiger partial charge in [0.15, 0.2) is 4.90 Å². The fraction of sp³-hybridized carbons (Fsp3) is 0.150. The first-order valence-corrected chi connectivity index (χ1v) is 10.0. The highest BCUT2D eigenvalue weighted by atomic mass is 32.2. The second-order valence-corrected chi connectivity index (χ2v) is 8.05. The molecule has 0 atom stereocenters. The van der Waals surface area contributed by atoms with Gasteiger partial charge in [-0.15, -0.1) is 0 Å². The quantitative estimate of drug-likeness (QED) is 0.636. The average Bonchev–Trinajstić information content (AvgIpc) is 3.20. The molecule has 0 aliphatic carbocycles. The molecular weight excluding hydrogens is 402 g/mol. The van der Waals surface area contributed by atoms with E-state index < -0.39 is 26.6 Å². The average molecular weight is 420 g/mol. The van der Waals surface area contributed by atoms with Crippen molar-refractivity contribution in [1.82, 2.24) is 9.62 Å². The zero-order valence-electron chi connectivity index (χ0n) is 15.4. The molecule has 9 heteroatoms. The van der Waals surface area contributed by atoms with Crippen LogP contribution in [0.5, 0.6) is 0 Å². The van der Waals surface area contributed by atoms with Gasteiger partial charge in [0.25, 0.3) is 5.91 Å². The van der Waals surface area contributed by atoms with Crippen LogP contribution >= 0.6 is 0 Å². The van der Waals surface area contributed by atoms with Crippen molar-refractivity contribution in [3.05, 3.63) is 89.4 Å². The molecule has 0 aliphatic rings. The molecule has 0 unspecified atom stereocenters. The highest BCUT2D eigenvalue weighted by Gasteiger charge is 2.31. The van der Waals surface area contributed by atoms with Crippen molar-refractivity contribution >= 4 is 15.9 Å². The Hall–Kier alpha value is -3.04. The molecule has 0 spiro atoms. The molecule has 0 bridgehead atoms. The number of nitrogens with zero attached hydrogens (tertiary/aromatic N) is 1. The van der Waals surface area contributed by atoms with Crippen LogP contribution in [0.25, 0.3) is 0 Å². The van der Waals surface area contributed by atoms with Crippen molar-refractivity contribution in [1.29, 1.82) is 0 Å². The van der Waals surface area contributed by atoms with Crippen LogP contribution in [0.2, 0.25) is 0 Å². The topological polar surface area (TPSA) is 79.6 Å². The smallest absolute Gasteiger partial charge is 0.251 e. The van der Waals surface area contributed by atoms with Gasteiger partial charge in [0.2, 0.25) is 10.0 Å². The number of hydrogen-bond donors (Lipinski definition) is 1. The van der Waals surface area contributed by atoms with Gasteiger partial charge in [-0.2, -0.15) is 4.31 Å². The predicted octanol–water partition coefficient (Wildman–Crippen LogP) is 3.31. The normalized spacial score (nSPS) is 11.6. The van der Waals surface area contributed by atoms with Crippen LogP contribution < -0.4 is 5.32 Å². The lowest BCUT2D eigenvalue weighted by molar-refractivity contribution is 0.0963. The standard InChI is InChI=1S/C20H18F2N2O4S/c1-23-20(25)15-9-7-14(8-10-15)12-24(13-16-4-3-11-28-16)29(26,27)19-17(21)5-2-6-18(19)22/h2-11H,12-13H2,1H3,(H,23,25). The highest BCUT2D eigenvalue weighted by Crippen LogP contribution is 2.26. The summed E-state index contributed by atoms with van der Waals surface area (Å²) < 4.78 is 60.6. The number of halogens is 2. The predicted molar refractivity (Wildman–Crippen MR) is 101 cm³/mol. The molecule has 0 saturated carbocycles. The molecule has 2 aromatic carbocycles. The number of sulfonamides is 1. The number of rotatable bonds is 7. The van der Waals surface area contributed by atoms with E-state index in [0.717, 1.165) is 22.5 Å². The molecule has 1 N–H and O–H groups in total. The van der Waals surface area contributed by atoms with E-state index in [1.807, 2.05) is 0 Å². The Morgan fingerprint density at radius 1 is 1.00 bits per heavy atom. The molecule has 3 rings (SSSR count). The summed E-state index contributed by atoms with van der Waals surface area (Å²) >= 11 is 0. The van der Waals surface area contributed by atoms with Gasteiger partial charge < -0.3 is 9.73 Å². The van der Waals surface area contributed by atoms with Gasteiger partial charge in [0.05, 0.1) is 12.8 Å². The van der Waals surface area contributed by atoms with Crippen LogP contribution in [0.3, 0.4) is 0 Å². The Kier molecular flexibility index (Phi) is 6.09. The Bertz CT molecular complexity index is 1080. The molecule has 6 nitrogen and oxygen atoms in total. The first kappa shape index (κ1) is 20.7. The van der Waals surface area contributed by atoms with Crippen LogP contribution in [0.1, 0.15) is 21.7 Å². The Balaban J connectivity index is 1.98. The van der Waals surface area contributed by atoms with E-state index in [9.17, 15) is 22.0 Å². The first-order chi connectivity index (χ1) is 13.8. The number of nitrogens with one attached hydrogen (secondary N) is 1. The molecule has 29 heavy (non-hydrogen) atoms. The molecule has 0 aliphatic heterocycles. The molecule has 0 fully saturated rings. The number of carbonyl (C=O) groups excluding carboxylic acids is 1. The Labute approximate surface area is 166 Å². The van der Waals surface area contributed by atoms with Crippen LogP contribution in [-0.4, -0.2) is 25.7 Å². The number of benzene rings is 2. The molecule has 0 radical (unpaired) electrons. The third-order valence-corrected chi connectivity index (χ3v) is 6.08. The Morgan fingerprint density at radius 3 is 2.21 bits per heavy atom. The second-order valence-electron chi connectivity index (χ2n) is 6.18. The zero-order valence-corrected chi connectivity index (χ0v) is 16.2. The lowest BCUT2D eigenvalue weighted by Gasteiger charge is -2.22. The monoisotopic (exact) mass is 420 g/mol. The Morgan fingerprint density at radius 2 is 1.66 bits per heavy atom. The number of carbonyl (C=O) groups is 1. The molecule has 0 saturated heterocycles. The van der Waals surface area contributed by atoms with Crippen molar-refractivity contribution in [2.75, 3.05) is 7.05 Å². The van der Waals surface area contributed by atoms with Crippen LogP contribution in [0.4, 0.5) is 8.78 Å².